The molecule has 0 aliphatic heterocycles. The molecule has 0 spiro atoms. The van der Waals surface area contributed by atoms with Gasteiger partial charge in [0.05, 0.1) is 14.2 Å². The minimum Gasteiger partial charge on any atom is -0.458 e. The van der Waals surface area contributed by atoms with E-state index in [1.807, 2.05) is 0 Å². The number of ether oxygens (including phenoxy) is 5. The number of esters is 1. The van der Waals surface area contributed by atoms with E-state index in [9.17, 15) is 14.4 Å². The summed E-state index contributed by atoms with van der Waals surface area (Å²) >= 11 is 0. The Bertz CT molecular complexity index is 311. The Kier molecular flexibility index (Phi) is 7.74. The summed E-state index contributed by atoms with van der Waals surface area (Å²) < 4.78 is 22.4. The molecular weight excluding hydrogens is 248 g/mol. The van der Waals surface area contributed by atoms with E-state index in [-0.39, 0.29) is 13.2 Å². The second-order valence-electron chi connectivity index (χ2n) is 2.79. The number of carbonyl (C=O) groups is 3. The Labute approximate surface area is 103 Å². The molecule has 8 nitrogen and oxygen atoms in total. The van der Waals surface area contributed by atoms with Crippen molar-refractivity contribution in [2.45, 2.75) is 6.10 Å². The smallest absolute Gasteiger partial charge is 0.458 e. The van der Waals surface area contributed by atoms with E-state index in [0.717, 1.165) is 20.3 Å². The molecule has 0 aromatic rings. The molecule has 18 heavy (non-hydrogen) atoms. The van der Waals surface area contributed by atoms with Gasteiger partial charge < -0.3 is 23.7 Å². The van der Waals surface area contributed by atoms with Crippen LogP contribution in [0.3, 0.4) is 0 Å². The summed E-state index contributed by atoms with van der Waals surface area (Å²) in [6.45, 7) is 2.54. The third kappa shape index (κ3) is 7.09. The van der Waals surface area contributed by atoms with Gasteiger partial charge in [0, 0.05) is 6.08 Å². The predicted molar refractivity (Wildman–Crippen MR) is 56.8 cm³/mol. The van der Waals surface area contributed by atoms with Gasteiger partial charge in [0.15, 0.2) is 6.10 Å². The maximum absolute atomic E-state index is 10.9. The van der Waals surface area contributed by atoms with Gasteiger partial charge in [-0.15, -0.1) is 0 Å². The van der Waals surface area contributed by atoms with Crippen LogP contribution in [0.5, 0.6) is 0 Å². The van der Waals surface area contributed by atoms with Crippen molar-refractivity contribution < 1.29 is 38.1 Å². The zero-order valence-corrected chi connectivity index (χ0v) is 10.0. The minimum absolute atomic E-state index is 0.309. The second-order valence-corrected chi connectivity index (χ2v) is 2.79. The first-order chi connectivity index (χ1) is 8.53. The molecule has 0 rings (SSSR count). The number of methoxy groups -OCH3 is 2. The zero-order chi connectivity index (χ0) is 14.0. The summed E-state index contributed by atoms with van der Waals surface area (Å²) in [4.78, 5) is 32.4. The van der Waals surface area contributed by atoms with E-state index in [2.05, 4.69) is 30.3 Å². The molecular formula is C10H14O8. The standard InChI is InChI=1S/C10H14O8/c1-4-8(11)16-5-7(18-10(13)15-3)6-17-9(12)14-2/h4,7H,1,5-6H2,2-3H3. The fourth-order valence-electron chi connectivity index (χ4n) is 0.754. The monoisotopic (exact) mass is 262 g/mol. The molecule has 0 saturated heterocycles. The summed E-state index contributed by atoms with van der Waals surface area (Å²) in [6.07, 6.45) is -2.01. The average Bonchev–Trinajstić information content (AvgIpc) is 2.40. The minimum atomic E-state index is -1.000. The van der Waals surface area contributed by atoms with Crippen LogP contribution in [-0.2, 0) is 28.5 Å². The molecule has 0 heterocycles. The van der Waals surface area contributed by atoms with E-state index in [1.165, 1.54) is 0 Å². The van der Waals surface area contributed by atoms with Crippen LogP contribution < -0.4 is 0 Å². The molecule has 0 aromatic heterocycles. The third-order valence-corrected chi connectivity index (χ3v) is 1.56. The summed E-state index contributed by atoms with van der Waals surface area (Å²) in [6, 6.07) is 0. The van der Waals surface area contributed by atoms with Gasteiger partial charge in [0.2, 0.25) is 0 Å². The van der Waals surface area contributed by atoms with Crippen molar-refractivity contribution in [1.29, 1.82) is 0 Å². The second kappa shape index (κ2) is 8.85. The van der Waals surface area contributed by atoms with Crippen LogP contribution in [0.1, 0.15) is 0 Å². The summed E-state index contributed by atoms with van der Waals surface area (Å²) in [5, 5.41) is 0. The summed E-state index contributed by atoms with van der Waals surface area (Å²) in [7, 11) is 2.23. The molecule has 0 aromatic carbocycles. The zero-order valence-electron chi connectivity index (χ0n) is 10.0. The first-order valence-corrected chi connectivity index (χ1v) is 4.78. The van der Waals surface area contributed by atoms with Gasteiger partial charge in [-0.1, -0.05) is 6.58 Å². The number of carbonyl (C=O) groups excluding carboxylic acids is 3. The molecule has 102 valence electrons. The van der Waals surface area contributed by atoms with Crippen molar-refractivity contribution in [2.75, 3.05) is 27.4 Å². The summed E-state index contributed by atoms with van der Waals surface area (Å²) in [5.41, 5.74) is 0. The fraction of sp³-hybridized carbons (Fsp3) is 0.500. The van der Waals surface area contributed by atoms with Gasteiger partial charge in [-0.2, -0.15) is 0 Å². The number of hydrogen-bond acceptors (Lipinski definition) is 8. The van der Waals surface area contributed by atoms with Crippen molar-refractivity contribution in [3.63, 3.8) is 0 Å². The van der Waals surface area contributed by atoms with Gasteiger partial charge in [0.1, 0.15) is 13.2 Å². The molecule has 1 unspecified atom stereocenters. The van der Waals surface area contributed by atoms with Crippen LogP contribution in [0.2, 0.25) is 0 Å². The van der Waals surface area contributed by atoms with E-state index in [4.69, 9.17) is 0 Å². The van der Waals surface area contributed by atoms with Crippen LogP contribution in [0, 0.1) is 0 Å². The quantitative estimate of drug-likeness (QED) is 0.391. The molecule has 0 radical (unpaired) electrons. The lowest BCUT2D eigenvalue weighted by molar-refractivity contribution is -0.142. The maximum Gasteiger partial charge on any atom is 0.508 e. The van der Waals surface area contributed by atoms with Crippen LogP contribution in [0.25, 0.3) is 0 Å². The van der Waals surface area contributed by atoms with Crippen LogP contribution in [-0.4, -0.2) is 51.8 Å². The third-order valence-electron chi connectivity index (χ3n) is 1.56. The Hall–Kier alpha value is -2.25. The highest BCUT2D eigenvalue weighted by Gasteiger charge is 2.19. The SMILES string of the molecule is C=CC(=O)OCC(COC(=O)OC)OC(=O)OC. The molecule has 0 aliphatic rings. The number of hydrogen-bond donors (Lipinski definition) is 0. The van der Waals surface area contributed by atoms with Crippen molar-refractivity contribution >= 4 is 18.3 Å². The molecule has 8 heteroatoms. The van der Waals surface area contributed by atoms with E-state index >= 15 is 0 Å². The van der Waals surface area contributed by atoms with Crippen LogP contribution >= 0.6 is 0 Å². The fourth-order valence-corrected chi connectivity index (χ4v) is 0.754. The van der Waals surface area contributed by atoms with E-state index < -0.39 is 24.4 Å². The Morgan fingerprint density at radius 2 is 1.61 bits per heavy atom. The molecule has 0 N–H and O–H groups in total. The first-order valence-electron chi connectivity index (χ1n) is 4.78. The highest BCUT2D eigenvalue weighted by atomic mass is 16.8. The van der Waals surface area contributed by atoms with Crippen molar-refractivity contribution in [1.82, 2.24) is 0 Å². The largest absolute Gasteiger partial charge is 0.508 e. The predicted octanol–water partition coefficient (Wildman–Crippen LogP) is 0.650. The lowest BCUT2D eigenvalue weighted by atomic mass is 10.4. The molecule has 0 aliphatic carbocycles. The van der Waals surface area contributed by atoms with E-state index in [0.29, 0.717) is 0 Å². The Morgan fingerprint density at radius 1 is 1.06 bits per heavy atom. The summed E-state index contributed by atoms with van der Waals surface area (Å²) in [5.74, 6) is -0.702. The molecule has 0 saturated carbocycles. The Balaban J connectivity index is 4.23. The van der Waals surface area contributed by atoms with Crippen LogP contribution in [0.15, 0.2) is 12.7 Å². The van der Waals surface area contributed by atoms with Crippen molar-refractivity contribution in [2.24, 2.45) is 0 Å². The van der Waals surface area contributed by atoms with Crippen LogP contribution in [0.4, 0.5) is 9.59 Å². The van der Waals surface area contributed by atoms with Crippen molar-refractivity contribution in [3.05, 3.63) is 12.7 Å². The lowest BCUT2D eigenvalue weighted by Crippen LogP contribution is -2.30. The van der Waals surface area contributed by atoms with Crippen molar-refractivity contribution in [3.8, 4) is 0 Å². The first kappa shape index (κ1) is 15.8. The van der Waals surface area contributed by atoms with Gasteiger partial charge in [-0.25, -0.2) is 14.4 Å². The van der Waals surface area contributed by atoms with Gasteiger partial charge in [0.25, 0.3) is 0 Å². The van der Waals surface area contributed by atoms with Gasteiger partial charge >= 0.3 is 18.3 Å². The maximum atomic E-state index is 10.9. The lowest BCUT2D eigenvalue weighted by Gasteiger charge is -2.16. The Morgan fingerprint density at radius 3 is 2.11 bits per heavy atom. The van der Waals surface area contributed by atoms with E-state index in [1.54, 1.807) is 0 Å². The molecule has 1 atom stereocenters. The average molecular weight is 262 g/mol. The normalized spacial score (nSPS) is 10.8. The highest BCUT2D eigenvalue weighted by Crippen LogP contribution is 1.99. The van der Waals surface area contributed by atoms with Gasteiger partial charge in [-0.05, 0) is 0 Å². The van der Waals surface area contributed by atoms with Gasteiger partial charge in [-0.3, -0.25) is 0 Å². The number of rotatable bonds is 6. The highest BCUT2D eigenvalue weighted by molar-refractivity contribution is 5.81. The molecule has 0 amide bonds. The molecule has 0 bridgehead atoms. The topological polar surface area (TPSA) is 97.4 Å². The molecule has 0 fully saturated rings.